The number of fused-ring (bicyclic) bond motifs is 1. The molecule has 1 aromatic heterocycles. The van der Waals surface area contributed by atoms with Crippen LogP contribution in [0.15, 0.2) is 16.4 Å². The maximum absolute atomic E-state index is 12.4. The summed E-state index contributed by atoms with van der Waals surface area (Å²) in [6.07, 6.45) is 1.48. The number of hydrogen-bond acceptors (Lipinski definition) is 5. The molecule has 3 heterocycles. The third kappa shape index (κ3) is 5.56. The van der Waals surface area contributed by atoms with Gasteiger partial charge in [-0.1, -0.05) is 0 Å². The van der Waals surface area contributed by atoms with Gasteiger partial charge in [0.05, 0.1) is 11.5 Å². The largest absolute Gasteiger partial charge is 0.357 e. The summed E-state index contributed by atoms with van der Waals surface area (Å²) in [6.45, 7) is 4.04. The van der Waals surface area contributed by atoms with Gasteiger partial charge in [-0.25, -0.2) is 13.4 Å². The first-order valence-electron chi connectivity index (χ1n) is 8.55. The first kappa shape index (κ1) is 21.4. The molecule has 0 saturated carbocycles. The fraction of sp³-hybridized carbons (Fsp3) is 0.625. The zero-order valence-corrected chi connectivity index (χ0v) is 18.7. The van der Waals surface area contributed by atoms with Gasteiger partial charge in [0.2, 0.25) is 5.91 Å². The Morgan fingerprint density at radius 3 is 2.96 bits per heavy atom. The number of halogens is 1. The Balaban J connectivity index is 0.00000243. The number of carbonyl (C=O) groups is 1. The lowest BCUT2D eigenvalue weighted by molar-refractivity contribution is -0.130. The van der Waals surface area contributed by atoms with E-state index in [2.05, 4.69) is 27.1 Å². The van der Waals surface area contributed by atoms with Crippen LogP contribution in [0.4, 0.5) is 0 Å². The number of nitrogens with zero attached hydrogens (tertiary/aromatic N) is 2. The summed E-state index contributed by atoms with van der Waals surface area (Å²) in [6, 6.07) is 1.94. The minimum absolute atomic E-state index is 0. The topological polar surface area (TPSA) is 90.9 Å². The van der Waals surface area contributed by atoms with Crippen LogP contribution in [0.5, 0.6) is 0 Å². The van der Waals surface area contributed by atoms with Crippen LogP contribution >= 0.6 is 35.3 Å². The monoisotopic (exact) mass is 512 g/mol. The van der Waals surface area contributed by atoms with Crippen LogP contribution in [-0.4, -0.2) is 62.4 Å². The molecule has 1 unspecified atom stereocenters. The van der Waals surface area contributed by atoms with Gasteiger partial charge in [-0.05, 0) is 36.8 Å². The van der Waals surface area contributed by atoms with Gasteiger partial charge in [0, 0.05) is 30.6 Å². The van der Waals surface area contributed by atoms with Crippen molar-refractivity contribution in [3.05, 3.63) is 21.9 Å². The highest BCUT2D eigenvalue weighted by Crippen LogP contribution is 2.23. The Labute approximate surface area is 175 Å². The number of thiophene rings is 1. The van der Waals surface area contributed by atoms with Crippen LogP contribution in [0.3, 0.4) is 0 Å². The molecule has 7 nitrogen and oxygen atoms in total. The van der Waals surface area contributed by atoms with Crippen molar-refractivity contribution in [3.8, 4) is 0 Å². The number of sulfone groups is 1. The molecular formula is C16H25IN4O3S2. The van der Waals surface area contributed by atoms with Crippen molar-refractivity contribution < 1.29 is 13.2 Å². The lowest BCUT2D eigenvalue weighted by Crippen LogP contribution is -2.45. The molecule has 0 aliphatic carbocycles. The molecule has 2 aliphatic heterocycles. The summed E-state index contributed by atoms with van der Waals surface area (Å²) in [5.41, 5.74) is 1.23. The molecule has 2 aliphatic rings. The standard InChI is InChI=1S/C16H24N4O3S2.HI/c1-2-17-16(19-13-5-8-25(22,23)11-13)18-9-15(21)20-6-3-14-12(10-20)4-7-24-14;/h4,7,13H,2-3,5-6,8-11H2,1H3,(H2,17,18,19);1H. The zero-order chi connectivity index (χ0) is 17.9. The van der Waals surface area contributed by atoms with Crippen LogP contribution in [0.1, 0.15) is 23.8 Å². The fourth-order valence-electron chi connectivity index (χ4n) is 3.13. The van der Waals surface area contributed by atoms with Gasteiger partial charge >= 0.3 is 0 Å². The number of amides is 1. The second-order valence-corrected chi connectivity index (χ2v) is 9.60. The third-order valence-corrected chi connectivity index (χ3v) is 7.24. The molecule has 1 saturated heterocycles. The molecule has 0 bridgehead atoms. The van der Waals surface area contributed by atoms with Gasteiger partial charge in [-0.2, -0.15) is 0 Å². The molecule has 2 N–H and O–H groups in total. The van der Waals surface area contributed by atoms with E-state index in [1.54, 1.807) is 11.3 Å². The normalized spacial score (nSPS) is 21.7. The first-order valence-corrected chi connectivity index (χ1v) is 11.3. The molecule has 0 aromatic carbocycles. The number of hydrogen-bond donors (Lipinski definition) is 2. The van der Waals surface area contributed by atoms with Crippen molar-refractivity contribution in [1.29, 1.82) is 0 Å². The average molecular weight is 512 g/mol. The van der Waals surface area contributed by atoms with Gasteiger partial charge in [-0.3, -0.25) is 4.79 Å². The van der Waals surface area contributed by atoms with Crippen molar-refractivity contribution in [2.45, 2.75) is 32.4 Å². The quantitative estimate of drug-likeness (QED) is 0.357. The second kappa shape index (κ2) is 9.36. The minimum Gasteiger partial charge on any atom is -0.357 e. The summed E-state index contributed by atoms with van der Waals surface area (Å²) in [5, 5.41) is 8.28. The van der Waals surface area contributed by atoms with Crippen LogP contribution in [0, 0.1) is 0 Å². The Morgan fingerprint density at radius 2 is 2.27 bits per heavy atom. The van der Waals surface area contributed by atoms with Gasteiger partial charge in [0.15, 0.2) is 15.8 Å². The summed E-state index contributed by atoms with van der Waals surface area (Å²) in [4.78, 5) is 20.0. The first-order chi connectivity index (χ1) is 12.0. The second-order valence-electron chi connectivity index (χ2n) is 6.37. The van der Waals surface area contributed by atoms with Crippen molar-refractivity contribution >= 4 is 57.0 Å². The SMILES string of the molecule is CCNC(=NCC(=O)N1CCc2sccc2C1)NC1CCS(=O)(=O)C1.I. The van der Waals surface area contributed by atoms with Crippen LogP contribution < -0.4 is 10.6 Å². The summed E-state index contributed by atoms with van der Waals surface area (Å²) < 4.78 is 23.1. The molecule has 1 amide bonds. The summed E-state index contributed by atoms with van der Waals surface area (Å²) in [7, 11) is -2.95. The van der Waals surface area contributed by atoms with Crippen molar-refractivity contribution in [2.24, 2.45) is 4.99 Å². The number of aliphatic imine (C=N–C) groups is 1. The Hall–Kier alpha value is -0.880. The van der Waals surface area contributed by atoms with E-state index in [0.717, 1.165) is 13.0 Å². The molecule has 10 heteroatoms. The third-order valence-electron chi connectivity index (χ3n) is 4.45. The molecule has 146 valence electrons. The molecule has 1 fully saturated rings. The van der Waals surface area contributed by atoms with Gasteiger partial charge < -0.3 is 15.5 Å². The highest BCUT2D eigenvalue weighted by atomic mass is 127. The molecule has 26 heavy (non-hydrogen) atoms. The average Bonchev–Trinajstić information content (AvgIpc) is 3.17. The van der Waals surface area contributed by atoms with E-state index >= 15 is 0 Å². The van der Waals surface area contributed by atoms with E-state index < -0.39 is 9.84 Å². The minimum atomic E-state index is -2.95. The molecule has 1 aromatic rings. The Bertz CT molecular complexity index is 763. The van der Waals surface area contributed by atoms with Crippen molar-refractivity contribution in [3.63, 3.8) is 0 Å². The smallest absolute Gasteiger partial charge is 0.244 e. The number of carbonyl (C=O) groups excluding carboxylic acids is 1. The van der Waals surface area contributed by atoms with Crippen LogP contribution in [0.25, 0.3) is 0 Å². The van der Waals surface area contributed by atoms with Gasteiger partial charge in [0.25, 0.3) is 0 Å². The molecular weight excluding hydrogens is 487 g/mol. The van der Waals surface area contributed by atoms with Crippen LogP contribution in [-0.2, 0) is 27.6 Å². The van der Waals surface area contributed by atoms with E-state index in [1.165, 1.54) is 10.4 Å². The summed E-state index contributed by atoms with van der Waals surface area (Å²) in [5.74, 6) is 0.831. The van der Waals surface area contributed by atoms with Gasteiger partial charge in [-0.15, -0.1) is 35.3 Å². The number of guanidine groups is 1. The predicted molar refractivity (Wildman–Crippen MR) is 115 cm³/mol. The fourth-order valence-corrected chi connectivity index (χ4v) is 5.69. The zero-order valence-electron chi connectivity index (χ0n) is 14.7. The highest BCUT2D eigenvalue weighted by Gasteiger charge is 2.28. The maximum atomic E-state index is 12.4. The summed E-state index contributed by atoms with van der Waals surface area (Å²) >= 11 is 1.75. The van der Waals surface area contributed by atoms with Crippen molar-refractivity contribution in [2.75, 3.05) is 31.1 Å². The molecule has 0 spiro atoms. The highest BCUT2D eigenvalue weighted by molar-refractivity contribution is 14.0. The van der Waals surface area contributed by atoms with Gasteiger partial charge in [0.1, 0.15) is 6.54 Å². The van der Waals surface area contributed by atoms with Crippen molar-refractivity contribution in [1.82, 2.24) is 15.5 Å². The lowest BCUT2D eigenvalue weighted by Gasteiger charge is -2.26. The van der Waals surface area contributed by atoms with E-state index in [0.29, 0.717) is 25.5 Å². The molecule has 3 rings (SSSR count). The van der Waals surface area contributed by atoms with E-state index in [-0.39, 0.29) is 54.0 Å². The number of rotatable bonds is 4. The van der Waals surface area contributed by atoms with E-state index in [9.17, 15) is 13.2 Å². The van der Waals surface area contributed by atoms with Crippen LogP contribution in [0.2, 0.25) is 0 Å². The van der Waals surface area contributed by atoms with E-state index in [4.69, 9.17) is 0 Å². The Kier molecular flexibility index (Phi) is 7.71. The lowest BCUT2D eigenvalue weighted by atomic mass is 10.1. The molecule has 1 atom stereocenters. The number of nitrogens with one attached hydrogen (secondary N) is 2. The Morgan fingerprint density at radius 1 is 1.46 bits per heavy atom. The predicted octanol–water partition coefficient (Wildman–Crippen LogP) is 0.993. The molecule has 0 radical (unpaired) electrons. The van der Waals surface area contributed by atoms with E-state index in [1.807, 2.05) is 11.8 Å². The maximum Gasteiger partial charge on any atom is 0.244 e.